The molecular formula is C52H61ClF3N7O4S3. The zero-order valence-electron chi connectivity index (χ0n) is 39.8. The number of halogens is 4. The van der Waals surface area contributed by atoms with Crippen LogP contribution in [0, 0.1) is 11.3 Å². The second-order valence-corrected chi connectivity index (χ2v) is 24.7. The fourth-order valence-electron chi connectivity index (χ4n) is 9.76. The fourth-order valence-corrected chi connectivity index (χ4v) is 13.0. The molecule has 0 radical (unpaired) electrons. The molecule has 0 amide bonds. The topological polar surface area (TPSA) is 128 Å². The zero-order chi connectivity index (χ0) is 49.8. The number of anilines is 3. The van der Waals surface area contributed by atoms with Gasteiger partial charge in [0.1, 0.15) is 11.2 Å². The van der Waals surface area contributed by atoms with Crippen molar-refractivity contribution in [3.05, 3.63) is 126 Å². The van der Waals surface area contributed by atoms with Crippen LogP contribution in [0.5, 0.6) is 0 Å². The Morgan fingerprint density at radius 1 is 0.900 bits per heavy atom. The monoisotopic (exact) mass is 1040 g/mol. The lowest BCUT2D eigenvalue weighted by Gasteiger charge is -2.39. The zero-order valence-corrected chi connectivity index (χ0v) is 43.0. The van der Waals surface area contributed by atoms with Crippen LogP contribution in [-0.4, -0.2) is 106 Å². The Morgan fingerprint density at radius 2 is 1.61 bits per heavy atom. The van der Waals surface area contributed by atoms with E-state index in [0.29, 0.717) is 41.6 Å². The van der Waals surface area contributed by atoms with Gasteiger partial charge in [0.15, 0.2) is 5.82 Å². The number of piperazine rings is 1. The standard InChI is InChI=1S/C52H61ClF3N7O4S3/c1-36(2)37-19-23-61(24-20-37)25-21-41(34-68-43-8-6-5-7-9-43)59-47-17-15-44(31-49(47)69(64,65)52(54,55)56)70(66,67)60-50-46-16-14-42(30-48(46)57-35-58-50)63-28-26-62(27-29-63)33-39-32-51(3,4)22-18-45(39)38-10-12-40(53)13-11-38/h5-17,30-31,35,37,41,59H,1,18-29,32-34H2,2-4H3,(H,57,58,60)/t41-/m1/s1. The third-order valence-electron chi connectivity index (χ3n) is 13.9. The average Bonchev–Trinajstić information content (AvgIpc) is 3.33. The highest BCUT2D eigenvalue weighted by Gasteiger charge is 2.48. The first kappa shape index (κ1) is 51.7. The molecule has 8 rings (SSSR count). The van der Waals surface area contributed by atoms with Crippen LogP contribution < -0.4 is 14.9 Å². The molecule has 2 aliphatic heterocycles. The van der Waals surface area contributed by atoms with E-state index >= 15 is 0 Å². The van der Waals surface area contributed by atoms with Crippen LogP contribution in [0.15, 0.2) is 130 Å². The highest BCUT2D eigenvalue weighted by Crippen LogP contribution is 2.43. The molecule has 2 fully saturated rings. The molecule has 70 heavy (non-hydrogen) atoms. The summed E-state index contributed by atoms with van der Waals surface area (Å²) in [6.45, 7) is 17.2. The van der Waals surface area contributed by atoms with Gasteiger partial charge in [0.05, 0.1) is 16.1 Å². The van der Waals surface area contributed by atoms with Crippen LogP contribution in [0.3, 0.4) is 0 Å². The van der Waals surface area contributed by atoms with E-state index in [1.165, 1.54) is 34.8 Å². The van der Waals surface area contributed by atoms with Gasteiger partial charge in [-0.3, -0.25) is 9.62 Å². The fraction of sp³-hybridized carbons (Fsp3) is 0.423. The van der Waals surface area contributed by atoms with Gasteiger partial charge in [-0.05, 0) is 142 Å². The predicted molar refractivity (Wildman–Crippen MR) is 278 cm³/mol. The molecule has 5 aromatic rings. The van der Waals surface area contributed by atoms with Crippen molar-refractivity contribution in [1.29, 1.82) is 0 Å². The van der Waals surface area contributed by atoms with Gasteiger partial charge in [0, 0.05) is 72.1 Å². The third-order valence-corrected chi connectivity index (χ3v) is 18.1. The normalized spacial score (nSPS) is 18.2. The summed E-state index contributed by atoms with van der Waals surface area (Å²) in [5.74, 6) is 0.743. The Labute approximate surface area is 420 Å². The molecule has 4 aromatic carbocycles. The quantitative estimate of drug-likeness (QED) is 0.0682. The highest BCUT2D eigenvalue weighted by atomic mass is 35.5. The number of aromatic nitrogens is 2. The molecule has 1 aromatic heterocycles. The molecule has 3 aliphatic rings. The lowest BCUT2D eigenvalue weighted by atomic mass is 9.73. The summed E-state index contributed by atoms with van der Waals surface area (Å²) in [5.41, 5.74) is 0.786. The Balaban J connectivity index is 0.982. The van der Waals surface area contributed by atoms with E-state index in [9.17, 15) is 30.0 Å². The number of hydrogen-bond acceptors (Lipinski definition) is 11. The number of benzene rings is 4. The number of sulfonamides is 1. The van der Waals surface area contributed by atoms with Crippen LogP contribution in [0.1, 0.15) is 64.9 Å². The van der Waals surface area contributed by atoms with Gasteiger partial charge in [-0.1, -0.05) is 73.5 Å². The summed E-state index contributed by atoms with van der Waals surface area (Å²) in [4.78, 5) is 14.8. The molecule has 18 heteroatoms. The maximum Gasteiger partial charge on any atom is 0.501 e. The third kappa shape index (κ3) is 12.5. The molecule has 0 saturated carbocycles. The van der Waals surface area contributed by atoms with Crippen molar-refractivity contribution >= 4 is 76.9 Å². The number of nitrogens with one attached hydrogen (secondary N) is 2. The van der Waals surface area contributed by atoms with E-state index in [1.807, 2.05) is 61.5 Å². The Bertz CT molecular complexity index is 2920. The van der Waals surface area contributed by atoms with Gasteiger partial charge in [-0.2, -0.15) is 13.2 Å². The number of hydrogen-bond donors (Lipinski definition) is 2. The predicted octanol–water partition coefficient (Wildman–Crippen LogP) is 11.4. The summed E-state index contributed by atoms with van der Waals surface area (Å²) < 4.78 is 100. The van der Waals surface area contributed by atoms with Crippen LogP contribution in [0.4, 0.5) is 30.4 Å². The van der Waals surface area contributed by atoms with Crippen molar-refractivity contribution in [2.75, 3.05) is 73.0 Å². The number of alkyl halides is 3. The van der Waals surface area contributed by atoms with Crippen molar-refractivity contribution < 1.29 is 30.0 Å². The molecule has 374 valence electrons. The molecule has 11 nitrogen and oxygen atoms in total. The SMILES string of the molecule is C=C(C)C1CCN(CC[C@H](CSc2ccccc2)Nc2ccc(S(=O)(=O)Nc3ncnc4cc(N5CCN(CC6=C(c7ccc(Cl)cc7)CCC(C)(C)C6)CC5)ccc34)cc2S(=O)(=O)C(F)(F)F)CC1. The van der Waals surface area contributed by atoms with Crippen molar-refractivity contribution in [2.45, 2.75) is 85.5 Å². The summed E-state index contributed by atoms with van der Waals surface area (Å²) in [5, 5.41) is 4.17. The summed E-state index contributed by atoms with van der Waals surface area (Å²) >= 11 is 7.71. The minimum atomic E-state index is -6.03. The number of sulfone groups is 1. The van der Waals surface area contributed by atoms with Gasteiger partial charge in [0.25, 0.3) is 19.9 Å². The van der Waals surface area contributed by atoms with Gasteiger partial charge < -0.3 is 15.1 Å². The molecule has 0 spiro atoms. The van der Waals surface area contributed by atoms with Gasteiger partial charge >= 0.3 is 5.51 Å². The lowest BCUT2D eigenvalue weighted by Crippen LogP contribution is -2.47. The number of likely N-dealkylation sites (tertiary alicyclic amines) is 1. The van der Waals surface area contributed by atoms with E-state index < -0.39 is 41.2 Å². The highest BCUT2D eigenvalue weighted by molar-refractivity contribution is 7.99. The second-order valence-electron chi connectivity index (χ2n) is 19.5. The molecule has 3 heterocycles. The first-order valence-electron chi connectivity index (χ1n) is 23.7. The van der Waals surface area contributed by atoms with E-state index in [1.54, 1.807) is 6.07 Å². The lowest BCUT2D eigenvalue weighted by molar-refractivity contribution is -0.0435. The van der Waals surface area contributed by atoms with Crippen LogP contribution >= 0.6 is 23.4 Å². The van der Waals surface area contributed by atoms with Gasteiger partial charge in [0.2, 0.25) is 0 Å². The molecule has 2 saturated heterocycles. The van der Waals surface area contributed by atoms with Crippen LogP contribution in [0.25, 0.3) is 16.5 Å². The molecule has 1 atom stereocenters. The van der Waals surface area contributed by atoms with Crippen LogP contribution in [0.2, 0.25) is 5.02 Å². The summed E-state index contributed by atoms with van der Waals surface area (Å²) in [6, 6.07) is 25.4. The smallest absolute Gasteiger partial charge is 0.380 e. The van der Waals surface area contributed by atoms with E-state index in [-0.39, 0.29) is 16.9 Å². The van der Waals surface area contributed by atoms with E-state index in [2.05, 4.69) is 67.3 Å². The first-order chi connectivity index (χ1) is 33.2. The van der Waals surface area contributed by atoms with Crippen LogP contribution in [-0.2, 0) is 19.9 Å². The minimum Gasteiger partial charge on any atom is -0.380 e. The molecular weight excluding hydrogens is 975 g/mol. The summed E-state index contributed by atoms with van der Waals surface area (Å²) in [6.07, 6.45) is 6.80. The van der Waals surface area contributed by atoms with Crippen molar-refractivity contribution in [3.8, 4) is 0 Å². The molecule has 0 bridgehead atoms. The van der Waals surface area contributed by atoms with E-state index in [0.717, 1.165) is 111 Å². The van der Waals surface area contributed by atoms with Crippen molar-refractivity contribution in [3.63, 3.8) is 0 Å². The number of allylic oxidation sites excluding steroid dienone is 2. The Morgan fingerprint density at radius 3 is 2.30 bits per heavy atom. The Hall–Kier alpha value is -4.65. The maximum absolute atomic E-state index is 14.4. The molecule has 0 unspecified atom stereocenters. The number of piperidine rings is 1. The average molecular weight is 1040 g/mol. The maximum atomic E-state index is 14.4. The minimum absolute atomic E-state index is 0.103. The number of rotatable bonds is 17. The largest absolute Gasteiger partial charge is 0.501 e. The molecule has 2 N–H and O–H groups in total. The van der Waals surface area contributed by atoms with Gasteiger partial charge in [-0.15, -0.1) is 11.8 Å². The number of fused-ring (bicyclic) bond motifs is 1. The summed E-state index contributed by atoms with van der Waals surface area (Å²) in [7, 11) is -10.7. The van der Waals surface area contributed by atoms with E-state index in [4.69, 9.17) is 11.6 Å². The second kappa shape index (κ2) is 21.6. The Kier molecular flexibility index (Phi) is 16.0. The first-order valence-corrected chi connectivity index (χ1v) is 28.1. The number of thioether (sulfide) groups is 1. The van der Waals surface area contributed by atoms with Crippen molar-refractivity contribution in [1.82, 2.24) is 19.8 Å². The van der Waals surface area contributed by atoms with Gasteiger partial charge in [-0.25, -0.2) is 26.8 Å². The van der Waals surface area contributed by atoms with Crippen molar-refractivity contribution in [2.24, 2.45) is 11.3 Å². The molecule has 1 aliphatic carbocycles. The number of nitrogens with zero attached hydrogens (tertiary/aromatic N) is 5.